The van der Waals surface area contributed by atoms with Crippen molar-refractivity contribution in [3.63, 3.8) is 0 Å². The number of hydrogen-bond acceptors (Lipinski definition) is 3. The normalized spacial score (nSPS) is 31.4. The van der Waals surface area contributed by atoms with Crippen molar-refractivity contribution in [2.24, 2.45) is 17.6 Å². The summed E-state index contributed by atoms with van der Waals surface area (Å²) in [6, 6.07) is 0.306. The van der Waals surface area contributed by atoms with Gasteiger partial charge in [-0.25, -0.2) is 0 Å². The number of likely N-dealkylation sites (tertiary alicyclic amines) is 1. The Morgan fingerprint density at radius 3 is 2.33 bits per heavy atom. The van der Waals surface area contributed by atoms with Crippen LogP contribution < -0.4 is 11.1 Å². The van der Waals surface area contributed by atoms with Gasteiger partial charge in [0.15, 0.2) is 0 Å². The van der Waals surface area contributed by atoms with E-state index in [-0.39, 0.29) is 42.2 Å². The zero-order valence-electron chi connectivity index (χ0n) is 14.5. The molecule has 6 heteroatoms. The molecule has 1 aliphatic heterocycles. The number of nitrogens with one attached hydrogen (secondary N) is 1. The lowest BCUT2D eigenvalue weighted by molar-refractivity contribution is -0.136. The second-order valence-corrected chi connectivity index (χ2v) is 7.74. The Hall–Kier alpha value is -0.810. The molecule has 3 atom stereocenters. The Kier molecular flexibility index (Phi) is 7.35. The van der Waals surface area contributed by atoms with Gasteiger partial charge in [0.2, 0.25) is 11.8 Å². The molecular weight excluding hydrogens is 326 g/mol. The van der Waals surface area contributed by atoms with Crippen LogP contribution in [0.3, 0.4) is 0 Å². The predicted octanol–water partition coefficient (Wildman–Crippen LogP) is 2.22. The molecule has 5 nitrogen and oxygen atoms in total. The molecule has 0 radical (unpaired) electrons. The number of nitrogens with two attached hydrogens (primary N) is 1. The molecule has 1 heterocycles. The van der Waals surface area contributed by atoms with Crippen LogP contribution in [0.25, 0.3) is 0 Å². The molecule has 2 aliphatic carbocycles. The minimum atomic E-state index is 0. The lowest BCUT2D eigenvalue weighted by Gasteiger charge is -2.28. The van der Waals surface area contributed by atoms with E-state index < -0.39 is 0 Å². The smallest absolute Gasteiger partial charge is 0.225 e. The van der Waals surface area contributed by atoms with Crippen LogP contribution >= 0.6 is 12.4 Å². The van der Waals surface area contributed by atoms with Crippen molar-refractivity contribution in [3.8, 4) is 0 Å². The van der Waals surface area contributed by atoms with Gasteiger partial charge in [0, 0.05) is 37.0 Å². The van der Waals surface area contributed by atoms with E-state index in [1.165, 1.54) is 19.3 Å². The second-order valence-electron chi connectivity index (χ2n) is 7.74. The molecule has 0 bridgehead atoms. The van der Waals surface area contributed by atoms with Gasteiger partial charge in [-0.3, -0.25) is 9.59 Å². The Morgan fingerprint density at radius 1 is 0.917 bits per heavy atom. The van der Waals surface area contributed by atoms with E-state index >= 15 is 0 Å². The fourth-order valence-electron chi connectivity index (χ4n) is 4.47. The van der Waals surface area contributed by atoms with Crippen LogP contribution in [0.15, 0.2) is 0 Å². The highest BCUT2D eigenvalue weighted by atomic mass is 35.5. The van der Waals surface area contributed by atoms with Crippen LogP contribution in [-0.4, -0.2) is 41.9 Å². The van der Waals surface area contributed by atoms with Crippen molar-refractivity contribution in [2.75, 3.05) is 13.1 Å². The number of halogens is 1. The first-order valence-electron chi connectivity index (χ1n) is 9.48. The summed E-state index contributed by atoms with van der Waals surface area (Å²) in [5.74, 6) is 0.773. The van der Waals surface area contributed by atoms with Crippen molar-refractivity contribution in [1.82, 2.24) is 10.2 Å². The Morgan fingerprint density at radius 2 is 1.62 bits per heavy atom. The molecule has 0 aromatic rings. The van der Waals surface area contributed by atoms with E-state index in [0.29, 0.717) is 12.5 Å². The van der Waals surface area contributed by atoms with Crippen molar-refractivity contribution in [3.05, 3.63) is 0 Å². The summed E-state index contributed by atoms with van der Waals surface area (Å²) in [4.78, 5) is 27.0. The summed E-state index contributed by atoms with van der Waals surface area (Å²) in [7, 11) is 0. The minimum absolute atomic E-state index is 0. The van der Waals surface area contributed by atoms with Gasteiger partial charge in [0.1, 0.15) is 0 Å². The van der Waals surface area contributed by atoms with Crippen molar-refractivity contribution >= 4 is 24.2 Å². The van der Waals surface area contributed by atoms with Crippen molar-refractivity contribution in [1.29, 1.82) is 0 Å². The molecule has 3 unspecified atom stereocenters. The van der Waals surface area contributed by atoms with E-state index in [2.05, 4.69) is 5.32 Å². The van der Waals surface area contributed by atoms with Gasteiger partial charge in [-0.05, 0) is 38.5 Å². The summed E-state index contributed by atoms with van der Waals surface area (Å²) in [5, 5.41) is 3.17. The third kappa shape index (κ3) is 4.85. The molecule has 0 spiro atoms. The maximum atomic E-state index is 12.6. The molecule has 138 valence electrons. The molecule has 0 aromatic heterocycles. The van der Waals surface area contributed by atoms with Crippen molar-refractivity contribution in [2.45, 2.75) is 76.3 Å². The Balaban J connectivity index is 0.00000208. The molecule has 2 amide bonds. The van der Waals surface area contributed by atoms with Gasteiger partial charge in [0.05, 0.1) is 0 Å². The summed E-state index contributed by atoms with van der Waals surface area (Å²) >= 11 is 0. The number of rotatable bonds is 3. The SMILES string of the molecule is Cl.NC1CCCC(C(=O)NC2CCN(C(=O)C3CCCCC3)C2)C1. The highest BCUT2D eigenvalue weighted by molar-refractivity contribution is 5.85. The Labute approximate surface area is 151 Å². The number of amides is 2. The van der Waals surface area contributed by atoms with Crippen LogP contribution in [-0.2, 0) is 9.59 Å². The topological polar surface area (TPSA) is 75.4 Å². The van der Waals surface area contributed by atoms with E-state index in [4.69, 9.17) is 5.73 Å². The quantitative estimate of drug-likeness (QED) is 0.813. The molecule has 0 aromatic carbocycles. The van der Waals surface area contributed by atoms with Gasteiger partial charge >= 0.3 is 0 Å². The average molecular weight is 358 g/mol. The zero-order chi connectivity index (χ0) is 16.2. The first kappa shape index (κ1) is 19.5. The molecule has 3 fully saturated rings. The average Bonchev–Trinajstić information content (AvgIpc) is 3.03. The first-order valence-corrected chi connectivity index (χ1v) is 9.48. The van der Waals surface area contributed by atoms with Crippen LogP contribution in [0.2, 0.25) is 0 Å². The standard InChI is InChI=1S/C18H31N3O2.ClH/c19-15-8-4-7-14(11-15)17(22)20-16-9-10-21(12-16)18(23)13-5-2-1-3-6-13;/h13-16H,1-12,19H2,(H,20,22);1H. The minimum Gasteiger partial charge on any atom is -0.351 e. The van der Waals surface area contributed by atoms with E-state index in [1.807, 2.05) is 4.90 Å². The number of nitrogens with zero attached hydrogens (tertiary/aromatic N) is 1. The van der Waals surface area contributed by atoms with E-state index in [0.717, 1.165) is 51.5 Å². The van der Waals surface area contributed by atoms with Crippen LogP contribution in [0, 0.1) is 11.8 Å². The summed E-state index contributed by atoms with van der Waals surface area (Å²) in [6.07, 6.45) is 10.5. The maximum absolute atomic E-state index is 12.6. The highest BCUT2D eigenvalue weighted by Gasteiger charge is 2.33. The summed E-state index contributed by atoms with van der Waals surface area (Å²) in [6.45, 7) is 1.49. The van der Waals surface area contributed by atoms with Crippen LogP contribution in [0.1, 0.15) is 64.2 Å². The molecule has 24 heavy (non-hydrogen) atoms. The van der Waals surface area contributed by atoms with Crippen LogP contribution in [0.5, 0.6) is 0 Å². The molecule has 3 N–H and O–H groups in total. The van der Waals surface area contributed by atoms with Gasteiger partial charge in [-0.2, -0.15) is 0 Å². The van der Waals surface area contributed by atoms with Gasteiger partial charge in [0.25, 0.3) is 0 Å². The molecule has 2 saturated carbocycles. The second kappa shape index (κ2) is 9.04. The van der Waals surface area contributed by atoms with E-state index in [9.17, 15) is 9.59 Å². The molecule has 1 saturated heterocycles. The zero-order valence-corrected chi connectivity index (χ0v) is 15.4. The van der Waals surface area contributed by atoms with Gasteiger partial charge in [-0.15, -0.1) is 12.4 Å². The number of carbonyl (C=O) groups is 2. The third-order valence-electron chi connectivity index (χ3n) is 5.89. The lowest BCUT2D eigenvalue weighted by atomic mass is 9.85. The molecule has 3 aliphatic rings. The number of carbonyl (C=O) groups excluding carboxylic acids is 2. The molecular formula is C18H32ClN3O2. The predicted molar refractivity (Wildman–Crippen MR) is 96.9 cm³/mol. The highest BCUT2D eigenvalue weighted by Crippen LogP contribution is 2.27. The third-order valence-corrected chi connectivity index (χ3v) is 5.89. The van der Waals surface area contributed by atoms with Gasteiger partial charge < -0.3 is 16.0 Å². The van der Waals surface area contributed by atoms with Crippen LogP contribution in [0.4, 0.5) is 0 Å². The lowest BCUT2D eigenvalue weighted by Crippen LogP contribution is -2.44. The fourth-order valence-corrected chi connectivity index (χ4v) is 4.47. The summed E-state index contributed by atoms with van der Waals surface area (Å²) < 4.78 is 0. The summed E-state index contributed by atoms with van der Waals surface area (Å²) in [5.41, 5.74) is 5.98. The van der Waals surface area contributed by atoms with Gasteiger partial charge in [-0.1, -0.05) is 25.7 Å². The van der Waals surface area contributed by atoms with E-state index in [1.54, 1.807) is 0 Å². The maximum Gasteiger partial charge on any atom is 0.225 e. The monoisotopic (exact) mass is 357 g/mol. The Bertz CT molecular complexity index is 440. The first-order chi connectivity index (χ1) is 11.1. The fraction of sp³-hybridized carbons (Fsp3) is 0.889. The number of hydrogen-bond donors (Lipinski definition) is 2. The molecule has 3 rings (SSSR count). The largest absolute Gasteiger partial charge is 0.351 e. The van der Waals surface area contributed by atoms with Crippen molar-refractivity contribution < 1.29 is 9.59 Å².